The molecule has 0 aromatic carbocycles. The molecule has 0 radical (unpaired) electrons. The summed E-state index contributed by atoms with van der Waals surface area (Å²) < 4.78 is 0. The third-order valence-electron chi connectivity index (χ3n) is 1.92. The maximum atomic E-state index is 11.6. The lowest BCUT2D eigenvalue weighted by Gasteiger charge is -2.30. The van der Waals surface area contributed by atoms with Gasteiger partial charge in [-0.3, -0.25) is 14.7 Å². The molecule has 1 amide bonds. The summed E-state index contributed by atoms with van der Waals surface area (Å²) in [7, 11) is 0. The van der Waals surface area contributed by atoms with Crippen LogP contribution in [0, 0.1) is 0 Å². The normalized spacial score (nSPS) is 20.9. The molecular formula is C9H8ClN3O2. The first-order valence-corrected chi connectivity index (χ1v) is 4.61. The maximum Gasteiger partial charge on any atom is 0.257 e. The van der Waals surface area contributed by atoms with Crippen LogP contribution in [-0.4, -0.2) is 22.3 Å². The number of carbonyl (C=O) groups is 1. The smallest absolute Gasteiger partial charge is 0.257 e. The van der Waals surface area contributed by atoms with Gasteiger partial charge in [0.1, 0.15) is 5.16 Å². The van der Waals surface area contributed by atoms with Crippen LogP contribution in [0.2, 0.25) is 0 Å². The molecule has 1 aromatic heterocycles. The molecule has 0 aliphatic carbocycles. The Morgan fingerprint density at radius 3 is 3.00 bits per heavy atom. The molecule has 0 saturated heterocycles. The van der Waals surface area contributed by atoms with Gasteiger partial charge in [-0.2, -0.15) is 0 Å². The molecule has 1 unspecified atom stereocenters. The first kappa shape index (κ1) is 9.95. The number of aromatic nitrogens is 1. The SMILES string of the molecule is O=C1C=C(Cl)NC(O)N1c1cccnc1. The second kappa shape index (κ2) is 3.88. The predicted octanol–water partition coefficient (Wildman–Crippen LogP) is 0.374. The Bertz CT molecular complexity index is 407. The number of aliphatic hydroxyl groups excluding tert-OH is 1. The molecule has 2 heterocycles. The highest BCUT2D eigenvalue weighted by Gasteiger charge is 2.26. The summed E-state index contributed by atoms with van der Waals surface area (Å²) in [4.78, 5) is 16.6. The molecule has 0 bridgehead atoms. The van der Waals surface area contributed by atoms with E-state index in [-0.39, 0.29) is 11.1 Å². The first-order chi connectivity index (χ1) is 7.18. The zero-order valence-electron chi connectivity index (χ0n) is 7.59. The molecule has 15 heavy (non-hydrogen) atoms. The highest BCUT2D eigenvalue weighted by atomic mass is 35.5. The van der Waals surface area contributed by atoms with Crippen LogP contribution >= 0.6 is 11.6 Å². The van der Waals surface area contributed by atoms with Gasteiger partial charge in [0.15, 0.2) is 0 Å². The van der Waals surface area contributed by atoms with Crippen LogP contribution in [0.3, 0.4) is 0 Å². The van der Waals surface area contributed by atoms with Crippen molar-refractivity contribution in [3.8, 4) is 0 Å². The van der Waals surface area contributed by atoms with E-state index >= 15 is 0 Å². The molecular weight excluding hydrogens is 218 g/mol. The number of rotatable bonds is 1. The Morgan fingerprint density at radius 2 is 2.40 bits per heavy atom. The van der Waals surface area contributed by atoms with Crippen molar-refractivity contribution < 1.29 is 9.90 Å². The highest BCUT2D eigenvalue weighted by Crippen LogP contribution is 2.18. The van der Waals surface area contributed by atoms with Gasteiger partial charge >= 0.3 is 0 Å². The predicted molar refractivity (Wildman–Crippen MR) is 54.8 cm³/mol. The lowest BCUT2D eigenvalue weighted by Crippen LogP contribution is -2.51. The van der Waals surface area contributed by atoms with Crippen molar-refractivity contribution in [3.05, 3.63) is 35.8 Å². The van der Waals surface area contributed by atoms with Crippen LogP contribution in [0.5, 0.6) is 0 Å². The monoisotopic (exact) mass is 225 g/mol. The zero-order chi connectivity index (χ0) is 10.8. The number of amides is 1. The Kier molecular flexibility index (Phi) is 2.57. The minimum atomic E-state index is -1.17. The molecule has 1 atom stereocenters. The van der Waals surface area contributed by atoms with Gasteiger partial charge in [-0.25, -0.2) is 0 Å². The summed E-state index contributed by atoms with van der Waals surface area (Å²) >= 11 is 5.59. The maximum absolute atomic E-state index is 11.6. The number of aliphatic hydroxyl groups is 1. The number of hydrogen-bond donors (Lipinski definition) is 2. The van der Waals surface area contributed by atoms with E-state index in [1.54, 1.807) is 18.3 Å². The standard InChI is InChI=1S/C9H8ClN3O2/c10-7-4-8(14)13(9(15)12-7)6-2-1-3-11-5-6/h1-5,9,12,15H. The Labute approximate surface area is 91.0 Å². The highest BCUT2D eigenvalue weighted by molar-refractivity contribution is 6.31. The van der Waals surface area contributed by atoms with Crippen molar-refractivity contribution in [1.29, 1.82) is 0 Å². The fourth-order valence-electron chi connectivity index (χ4n) is 1.29. The molecule has 1 aliphatic rings. The van der Waals surface area contributed by atoms with Gasteiger partial charge < -0.3 is 10.4 Å². The third-order valence-corrected chi connectivity index (χ3v) is 2.14. The topological polar surface area (TPSA) is 65.5 Å². The summed E-state index contributed by atoms with van der Waals surface area (Å²) in [5.41, 5.74) is 0.503. The van der Waals surface area contributed by atoms with Gasteiger partial charge in [-0.05, 0) is 12.1 Å². The zero-order valence-corrected chi connectivity index (χ0v) is 8.35. The van der Waals surface area contributed by atoms with E-state index in [0.717, 1.165) is 4.90 Å². The molecule has 2 N–H and O–H groups in total. The number of nitrogens with one attached hydrogen (secondary N) is 1. The van der Waals surface area contributed by atoms with Gasteiger partial charge in [-0.1, -0.05) is 11.6 Å². The fourth-order valence-corrected chi connectivity index (χ4v) is 1.48. The molecule has 2 rings (SSSR count). The van der Waals surface area contributed by atoms with E-state index in [9.17, 15) is 9.90 Å². The lowest BCUT2D eigenvalue weighted by atomic mass is 10.3. The van der Waals surface area contributed by atoms with E-state index in [0.29, 0.717) is 5.69 Å². The van der Waals surface area contributed by atoms with E-state index in [1.165, 1.54) is 12.3 Å². The second-order valence-corrected chi connectivity index (χ2v) is 3.34. The largest absolute Gasteiger partial charge is 0.356 e. The third kappa shape index (κ3) is 1.93. The summed E-state index contributed by atoms with van der Waals surface area (Å²) in [6.07, 6.45) is 3.09. The molecule has 78 valence electrons. The molecule has 1 aliphatic heterocycles. The van der Waals surface area contributed by atoms with E-state index in [1.807, 2.05) is 0 Å². The first-order valence-electron chi connectivity index (χ1n) is 4.23. The molecule has 1 aromatic rings. The number of nitrogens with zero attached hydrogens (tertiary/aromatic N) is 2. The average molecular weight is 226 g/mol. The molecule has 5 nitrogen and oxygen atoms in total. The summed E-state index contributed by atoms with van der Waals surface area (Å²) in [6, 6.07) is 3.35. The number of anilines is 1. The number of carbonyl (C=O) groups excluding carboxylic acids is 1. The van der Waals surface area contributed by atoms with E-state index in [4.69, 9.17) is 11.6 Å². The Morgan fingerprint density at radius 1 is 1.60 bits per heavy atom. The van der Waals surface area contributed by atoms with Crippen molar-refractivity contribution >= 4 is 23.2 Å². The van der Waals surface area contributed by atoms with Crippen LogP contribution in [-0.2, 0) is 4.79 Å². The van der Waals surface area contributed by atoms with Crippen LogP contribution in [0.4, 0.5) is 5.69 Å². The Balaban J connectivity index is 2.34. The van der Waals surface area contributed by atoms with Crippen LogP contribution in [0.1, 0.15) is 0 Å². The van der Waals surface area contributed by atoms with Crippen molar-refractivity contribution in [3.63, 3.8) is 0 Å². The molecule has 0 saturated carbocycles. The van der Waals surface area contributed by atoms with E-state index < -0.39 is 6.35 Å². The van der Waals surface area contributed by atoms with Crippen molar-refractivity contribution in [2.24, 2.45) is 0 Å². The number of pyridine rings is 1. The van der Waals surface area contributed by atoms with Gasteiger partial charge in [-0.15, -0.1) is 0 Å². The van der Waals surface area contributed by atoms with Gasteiger partial charge in [0.2, 0.25) is 6.35 Å². The molecule has 0 spiro atoms. The molecule has 0 fully saturated rings. The lowest BCUT2D eigenvalue weighted by molar-refractivity contribution is -0.116. The summed E-state index contributed by atoms with van der Waals surface area (Å²) in [6.45, 7) is 0. The minimum Gasteiger partial charge on any atom is -0.356 e. The van der Waals surface area contributed by atoms with Crippen LogP contribution in [0.15, 0.2) is 35.8 Å². The van der Waals surface area contributed by atoms with Crippen molar-refractivity contribution in [1.82, 2.24) is 10.3 Å². The number of halogens is 1. The minimum absolute atomic E-state index is 0.118. The Hall–Kier alpha value is -1.59. The van der Waals surface area contributed by atoms with Gasteiger partial charge in [0, 0.05) is 12.3 Å². The average Bonchev–Trinajstić information content (AvgIpc) is 2.17. The summed E-state index contributed by atoms with van der Waals surface area (Å²) in [5, 5.41) is 12.2. The van der Waals surface area contributed by atoms with Crippen LogP contribution in [0.25, 0.3) is 0 Å². The quantitative estimate of drug-likeness (QED) is 0.678. The van der Waals surface area contributed by atoms with Crippen molar-refractivity contribution in [2.75, 3.05) is 4.90 Å². The van der Waals surface area contributed by atoms with E-state index in [2.05, 4.69) is 10.3 Å². The van der Waals surface area contributed by atoms with Gasteiger partial charge in [0.05, 0.1) is 11.9 Å². The van der Waals surface area contributed by atoms with Gasteiger partial charge in [0.25, 0.3) is 5.91 Å². The van der Waals surface area contributed by atoms with Crippen molar-refractivity contribution in [2.45, 2.75) is 6.35 Å². The fraction of sp³-hybridized carbons (Fsp3) is 0.111. The number of hydrogen-bond acceptors (Lipinski definition) is 4. The second-order valence-electron chi connectivity index (χ2n) is 2.93. The molecule has 6 heteroatoms. The summed E-state index contributed by atoms with van der Waals surface area (Å²) in [5.74, 6) is -0.390. The van der Waals surface area contributed by atoms with Crippen LogP contribution < -0.4 is 10.2 Å².